The number of fused-ring (bicyclic) bond motifs is 1. The first-order valence-electron chi connectivity index (χ1n) is 12.6. The molecule has 0 atom stereocenters. The number of rotatable bonds is 4. The maximum atomic E-state index is 13.1. The van der Waals surface area contributed by atoms with Gasteiger partial charge in [-0.1, -0.05) is 6.07 Å². The van der Waals surface area contributed by atoms with E-state index >= 15 is 0 Å². The number of hydrogen-bond acceptors (Lipinski definition) is 5. The third-order valence-electron chi connectivity index (χ3n) is 7.05. The molecular formula is C29H28F3N3O4. The van der Waals surface area contributed by atoms with Crippen molar-refractivity contribution in [3.63, 3.8) is 0 Å². The standard InChI is InChI=1S/C29H28F3N3O4/c1-16-4-5-20(34-26(36)18-6-9-33-24(14-18)29(30,31)32)15-21(16)19-12-22(17-7-10-38-11-8-17)25-23(13-19)35-27(37)28(2,3)39-25/h4-6,9,12-15,17H,7-8,10-11H2,1-3H3,(H,34,36)(H,35,37). The van der Waals surface area contributed by atoms with Crippen LogP contribution in [-0.4, -0.2) is 35.6 Å². The van der Waals surface area contributed by atoms with Gasteiger partial charge in [-0.2, -0.15) is 13.2 Å². The lowest BCUT2D eigenvalue weighted by molar-refractivity contribution is -0.141. The molecule has 2 aromatic carbocycles. The SMILES string of the molecule is Cc1ccc(NC(=O)c2ccnc(C(F)(F)F)c2)cc1-c1cc2c(c(C3CCOCC3)c1)OC(C)(C)C(=O)N2. The summed E-state index contributed by atoms with van der Waals surface area (Å²) in [5.74, 6) is -0.112. The lowest BCUT2D eigenvalue weighted by Gasteiger charge is -2.35. The first kappa shape index (κ1) is 26.7. The van der Waals surface area contributed by atoms with E-state index in [2.05, 4.69) is 21.7 Å². The Bertz CT molecular complexity index is 1450. The quantitative estimate of drug-likeness (QED) is 0.404. The highest BCUT2D eigenvalue weighted by Crippen LogP contribution is 2.46. The van der Waals surface area contributed by atoms with Gasteiger partial charge in [0.2, 0.25) is 0 Å². The van der Waals surface area contributed by atoms with Crippen LogP contribution >= 0.6 is 0 Å². The van der Waals surface area contributed by atoms with Crippen molar-refractivity contribution in [2.45, 2.75) is 51.3 Å². The number of amides is 2. The average Bonchev–Trinajstić information content (AvgIpc) is 2.90. The van der Waals surface area contributed by atoms with Gasteiger partial charge in [-0.25, -0.2) is 0 Å². The van der Waals surface area contributed by atoms with Gasteiger partial charge in [-0.15, -0.1) is 0 Å². The number of carbonyl (C=O) groups excluding carboxylic acids is 2. The number of aryl methyl sites for hydroxylation is 1. The number of pyridine rings is 1. The molecule has 5 rings (SSSR count). The minimum absolute atomic E-state index is 0.155. The molecule has 1 aromatic heterocycles. The van der Waals surface area contributed by atoms with Crippen molar-refractivity contribution in [1.29, 1.82) is 0 Å². The van der Waals surface area contributed by atoms with Crippen LogP contribution < -0.4 is 15.4 Å². The van der Waals surface area contributed by atoms with Crippen LogP contribution in [-0.2, 0) is 15.7 Å². The number of anilines is 2. The van der Waals surface area contributed by atoms with Crippen LogP contribution in [0.25, 0.3) is 11.1 Å². The van der Waals surface area contributed by atoms with E-state index < -0.39 is 23.4 Å². The Hall–Kier alpha value is -3.92. The number of aromatic nitrogens is 1. The van der Waals surface area contributed by atoms with Gasteiger partial charge in [0.15, 0.2) is 5.60 Å². The Balaban J connectivity index is 1.51. The number of ether oxygens (including phenoxy) is 2. The van der Waals surface area contributed by atoms with Crippen molar-refractivity contribution in [3.8, 4) is 16.9 Å². The van der Waals surface area contributed by atoms with Crippen molar-refractivity contribution in [2.24, 2.45) is 0 Å². The number of nitrogens with zero attached hydrogens (tertiary/aromatic N) is 1. The van der Waals surface area contributed by atoms with Crippen LogP contribution in [0.2, 0.25) is 0 Å². The minimum atomic E-state index is -4.66. The predicted molar refractivity (Wildman–Crippen MR) is 140 cm³/mol. The summed E-state index contributed by atoms with van der Waals surface area (Å²) in [5.41, 5.74) is 2.18. The third-order valence-corrected chi connectivity index (χ3v) is 7.05. The van der Waals surface area contributed by atoms with Crippen molar-refractivity contribution in [2.75, 3.05) is 23.8 Å². The molecule has 3 aromatic rings. The molecule has 0 unspecified atom stereocenters. The van der Waals surface area contributed by atoms with Gasteiger partial charge in [-0.05, 0) is 92.6 Å². The summed E-state index contributed by atoms with van der Waals surface area (Å²) in [4.78, 5) is 28.8. The van der Waals surface area contributed by atoms with Crippen LogP contribution in [0, 0.1) is 6.92 Å². The Kier molecular flexibility index (Phi) is 6.84. The molecule has 0 bridgehead atoms. The second-order valence-electron chi connectivity index (χ2n) is 10.3. The lowest BCUT2D eigenvalue weighted by Crippen LogP contribution is -2.46. The lowest BCUT2D eigenvalue weighted by atomic mass is 9.86. The largest absolute Gasteiger partial charge is 0.476 e. The van der Waals surface area contributed by atoms with Gasteiger partial charge < -0.3 is 20.1 Å². The summed E-state index contributed by atoms with van der Waals surface area (Å²) in [6.45, 7) is 6.63. The first-order chi connectivity index (χ1) is 18.4. The van der Waals surface area contributed by atoms with Gasteiger partial charge in [0, 0.05) is 36.2 Å². The Morgan fingerprint density at radius 1 is 1.10 bits per heavy atom. The number of benzene rings is 2. The van der Waals surface area contributed by atoms with Crippen LogP contribution in [0.1, 0.15) is 59.8 Å². The average molecular weight is 540 g/mol. The van der Waals surface area contributed by atoms with Crippen LogP contribution in [0.4, 0.5) is 24.5 Å². The molecule has 0 radical (unpaired) electrons. The third kappa shape index (κ3) is 5.47. The molecule has 1 saturated heterocycles. The highest BCUT2D eigenvalue weighted by Gasteiger charge is 2.38. The fourth-order valence-corrected chi connectivity index (χ4v) is 4.84. The molecule has 2 aliphatic heterocycles. The summed E-state index contributed by atoms with van der Waals surface area (Å²) in [6, 6.07) is 11.1. The molecule has 7 nitrogen and oxygen atoms in total. The summed E-state index contributed by atoms with van der Waals surface area (Å²) >= 11 is 0. The zero-order valence-corrected chi connectivity index (χ0v) is 21.7. The van der Waals surface area contributed by atoms with Crippen LogP contribution in [0.15, 0.2) is 48.7 Å². The summed E-state index contributed by atoms with van der Waals surface area (Å²) in [5, 5.41) is 5.67. The van der Waals surface area contributed by atoms with E-state index in [9.17, 15) is 22.8 Å². The molecule has 1 fully saturated rings. The topological polar surface area (TPSA) is 89.6 Å². The maximum Gasteiger partial charge on any atom is 0.433 e. The second-order valence-corrected chi connectivity index (χ2v) is 10.3. The first-order valence-corrected chi connectivity index (χ1v) is 12.6. The normalized spacial score (nSPS) is 17.1. The summed E-state index contributed by atoms with van der Waals surface area (Å²) < 4.78 is 50.9. The molecule has 0 spiro atoms. The molecule has 0 saturated carbocycles. The van der Waals surface area contributed by atoms with Gasteiger partial charge in [0.05, 0.1) is 5.69 Å². The van der Waals surface area contributed by atoms with E-state index in [4.69, 9.17) is 9.47 Å². The van der Waals surface area contributed by atoms with Gasteiger partial charge in [-0.3, -0.25) is 14.6 Å². The monoisotopic (exact) mass is 539 g/mol. The zero-order chi connectivity index (χ0) is 27.9. The highest BCUT2D eigenvalue weighted by atomic mass is 19.4. The van der Waals surface area contributed by atoms with E-state index in [0.29, 0.717) is 30.3 Å². The van der Waals surface area contributed by atoms with Crippen molar-refractivity contribution in [1.82, 2.24) is 4.98 Å². The molecule has 2 N–H and O–H groups in total. The molecule has 204 valence electrons. The number of hydrogen-bond donors (Lipinski definition) is 2. The number of alkyl halides is 3. The summed E-state index contributed by atoms with van der Waals surface area (Å²) in [6.07, 6.45) is -2.07. The number of nitrogens with one attached hydrogen (secondary N) is 2. The molecule has 10 heteroatoms. The Morgan fingerprint density at radius 3 is 2.56 bits per heavy atom. The fourth-order valence-electron chi connectivity index (χ4n) is 4.84. The van der Waals surface area contributed by atoms with Gasteiger partial charge >= 0.3 is 6.18 Å². The molecule has 3 heterocycles. The maximum absolute atomic E-state index is 13.1. The Labute approximate surface area is 223 Å². The van der Waals surface area contributed by atoms with Crippen LogP contribution in [0.5, 0.6) is 5.75 Å². The van der Waals surface area contributed by atoms with E-state index in [0.717, 1.165) is 47.4 Å². The number of halogens is 3. The molecular weight excluding hydrogens is 511 g/mol. The molecule has 39 heavy (non-hydrogen) atoms. The Morgan fingerprint density at radius 2 is 1.85 bits per heavy atom. The minimum Gasteiger partial charge on any atom is -0.476 e. The molecule has 2 aliphatic rings. The summed E-state index contributed by atoms with van der Waals surface area (Å²) in [7, 11) is 0. The van der Waals surface area contributed by atoms with Gasteiger partial charge in [0.1, 0.15) is 11.4 Å². The fraction of sp³-hybridized carbons (Fsp3) is 0.345. The predicted octanol–water partition coefficient (Wildman–Crippen LogP) is 6.33. The van der Waals surface area contributed by atoms with Crippen molar-refractivity contribution < 1.29 is 32.2 Å². The van der Waals surface area contributed by atoms with E-state index in [1.54, 1.807) is 26.0 Å². The van der Waals surface area contributed by atoms with Gasteiger partial charge in [0.25, 0.3) is 11.8 Å². The van der Waals surface area contributed by atoms with Crippen molar-refractivity contribution in [3.05, 3.63) is 71.0 Å². The van der Waals surface area contributed by atoms with E-state index in [1.165, 1.54) is 6.07 Å². The van der Waals surface area contributed by atoms with E-state index in [-0.39, 0.29) is 17.4 Å². The second kappa shape index (κ2) is 10.00. The molecule has 0 aliphatic carbocycles. The highest BCUT2D eigenvalue weighted by molar-refractivity contribution is 6.05. The van der Waals surface area contributed by atoms with Crippen molar-refractivity contribution >= 4 is 23.2 Å². The van der Waals surface area contributed by atoms with E-state index in [1.807, 2.05) is 19.1 Å². The van der Waals surface area contributed by atoms with Crippen LogP contribution in [0.3, 0.4) is 0 Å². The molecule has 2 amide bonds. The number of carbonyl (C=O) groups is 2. The zero-order valence-electron chi connectivity index (χ0n) is 21.7. The smallest absolute Gasteiger partial charge is 0.433 e.